The average Bonchev–Trinajstić information content (AvgIpc) is 2.49. The zero-order valence-corrected chi connectivity index (χ0v) is 11.1. The van der Waals surface area contributed by atoms with Crippen LogP contribution in [0, 0.1) is 0 Å². The van der Waals surface area contributed by atoms with Gasteiger partial charge in [-0.3, -0.25) is 0 Å². The summed E-state index contributed by atoms with van der Waals surface area (Å²) in [6.07, 6.45) is 2.30. The molecule has 2 aromatic rings. The van der Waals surface area contributed by atoms with Crippen LogP contribution in [-0.4, -0.2) is 23.1 Å². The van der Waals surface area contributed by atoms with Crippen LogP contribution in [0.1, 0.15) is 11.3 Å². The second-order valence-electron chi connectivity index (χ2n) is 4.57. The lowest BCUT2D eigenvalue weighted by molar-refractivity contribution is -0.0493. The van der Waals surface area contributed by atoms with Crippen molar-refractivity contribution in [3.63, 3.8) is 0 Å². The molecule has 0 saturated carbocycles. The van der Waals surface area contributed by atoms with Gasteiger partial charge in [0.1, 0.15) is 17.9 Å². The van der Waals surface area contributed by atoms with Crippen LogP contribution >= 0.6 is 0 Å². The van der Waals surface area contributed by atoms with Gasteiger partial charge in [0, 0.05) is 25.1 Å². The van der Waals surface area contributed by atoms with Crippen LogP contribution in [0.3, 0.4) is 0 Å². The summed E-state index contributed by atoms with van der Waals surface area (Å²) in [6.45, 7) is -1.35. The van der Waals surface area contributed by atoms with Crippen molar-refractivity contribution in [2.45, 2.75) is 19.6 Å². The SMILES string of the molecule is FC(F)Oc1ccccc1Nc1ncnc2c1CNCC2. The van der Waals surface area contributed by atoms with Crippen LogP contribution in [0.2, 0.25) is 0 Å². The summed E-state index contributed by atoms with van der Waals surface area (Å²) >= 11 is 0. The molecule has 1 aliphatic heterocycles. The predicted octanol–water partition coefficient (Wildman–Crippen LogP) is 2.47. The summed E-state index contributed by atoms with van der Waals surface area (Å²) in [5, 5.41) is 6.30. The third-order valence-corrected chi connectivity index (χ3v) is 3.23. The molecule has 3 rings (SSSR count). The first-order chi connectivity index (χ1) is 10.2. The molecular formula is C14H14F2N4O. The summed E-state index contributed by atoms with van der Waals surface area (Å²) in [6, 6.07) is 6.54. The summed E-state index contributed by atoms with van der Waals surface area (Å²) in [5.74, 6) is 0.696. The second kappa shape index (κ2) is 6.01. The maximum absolute atomic E-state index is 12.4. The first-order valence-corrected chi connectivity index (χ1v) is 6.58. The summed E-state index contributed by atoms with van der Waals surface area (Å²) in [4.78, 5) is 8.45. The van der Waals surface area contributed by atoms with Crippen LogP contribution in [-0.2, 0) is 13.0 Å². The molecule has 2 N–H and O–H groups in total. The number of rotatable bonds is 4. The van der Waals surface area contributed by atoms with E-state index in [0.717, 1.165) is 24.2 Å². The fourth-order valence-corrected chi connectivity index (χ4v) is 2.27. The number of benzene rings is 1. The number of ether oxygens (including phenoxy) is 1. The van der Waals surface area contributed by atoms with Gasteiger partial charge in [0.25, 0.3) is 0 Å². The molecule has 1 aromatic carbocycles. The number of para-hydroxylation sites is 2. The molecule has 7 heteroatoms. The Balaban J connectivity index is 1.91. The number of alkyl halides is 2. The van der Waals surface area contributed by atoms with E-state index in [1.807, 2.05) is 0 Å². The third kappa shape index (κ3) is 3.08. The number of nitrogens with one attached hydrogen (secondary N) is 2. The maximum atomic E-state index is 12.4. The molecule has 1 aromatic heterocycles. The van der Waals surface area contributed by atoms with Crippen LogP contribution in [0.5, 0.6) is 5.75 Å². The number of nitrogens with zero attached hydrogens (tertiary/aromatic N) is 2. The molecule has 5 nitrogen and oxygen atoms in total. The summed E-state index contributed by atoms with van der Waals surface area (Å²) in [5.41, 5.74) is 2.37. The molecule has 110 valence electrons. The van der Waals surface area contributed by atoms with E-state index in [4.69, 9.17) is 0 Å². The molecular weight excluding hydrogens is 278 g/mol. The highest BCUT2D eigenvalue weighted by atomic mass is 19.3. The van der Waals surface area contributed by atoms with Gasteiger partial charge in [-0.2, -0.15) is 8.78 Å². The zero-order chi connectivity index (χ0) is 14.7. The van der Waals surface area contributed by atoms with Crippen molar-refractivity contribution in [3.8, 4) is 5.75 Å². The largest absolute Gasteiger partial charge is 0.433 e. The number of halogens is 2. The van der Waals surface area contributed by atoms with Crippen molar-refractivity contribution in [2.75, 3.05) is 11.9 Å². The molecule has 0 saturated heterocycles. The van der Waals surface area contributed by atoms with Crippen molar-refractivity contribution >= 4 is 11.5 Å². The Morgan fingerprint density at radius 1 is 1.24 bits per heavy atom. The number of anilines is 2. The predicted molar refractivity (Wildman–Crippen MR) is 73.8 cm³/mol. The van der Waals surface area contributed by atoms with E-state index in [9.17, 15) is 8.78 Å². The van der Waals surface area contributed by atoms with Crippen LogP contribution in [0.15, 0.2) is 30.6 Å². The Kier molecular flexibility index (Phi) is 3.92. The van der Waals surface area contributed by atoms with E-state index in [1.165, 1.54) is 12.4 Å². The number of fused-ring (bicyclic) bond motifs is 1. The molecule has 0 spiro atoms. The van der Waals surface area contributed by atoms with Crippen molar-refractivity contribution < 1.29 is 13.5 Å². The van der Waals surface area contributed by atoms with Gasteiger partial charge in [-0.05, 0) is 12.1 Å². The average molecular weight is 292 g/mol. The monoisotopic (exact) mass is 292 g/mol. The van der Waals surface area contributed by atoms with Gasteiger partial charge < -0.3 is 15.4 Å². The van der Waals surface area contributed by atoms with Crippen molar-refractivity contribution in [2.24, 2.45) is 0 Å². The minimum atomic E-state index is -2.87. The van der Waals surface area contributed by atoms with Crippen LogP contribution in [0.4, 0.5) is 20.3 Å². The quantitative estimate of drug-likeness (QED) is 0.906. The Bertz CT molecular complexity index is 636. The van der Waals surface area contributed by atoms with Crippen LogP contribution in [0.25, 0.3) is 0 Å². The van der Waals surface area contributed by atoms with Gasteiger partial charge in [-0.25, -0.2) is 9.97 Å². The molecule has 2 heterocycles. The molecule has 21 heavy (non-hydrogen) atoms. The highest BCUT2D eigenvalue weighted by molar-refractivity contribution is 5.66. The van der Waals surface area contributed by atoms with E-state index >= 15 is 0 Å². The van der Waals surface area contributed by atoms with Gasteiger partial charge in [-0.1, -0.05) is 12.1 Å². The number of hydrogen-bond acceptors (Lipinski definition) is 5. The molecule has 0 amide bonds. The highest BCUT2D eigenvalue weighted by Crippen LogP contribution is 2.30. The lowest BCUT2D eigenvalue weighted by Gasteiger charge is -2.20. The minimum absolute atomic E-state index is 0.0867. The molecule has 1 aliphatic rings. The number of hydrogen-bond donors (Lipinski definition) is 2. The first kappa shape index (κ1) is 13.7. The standard InChI is InChI=1S/C14H14F2N4O/c15-14(16)21-12-4-2-1-3-11(12)20-13-9-7-17-6-5-10(9)18-8-19-13/h1-4,8,14,17H,5-7H2,(H,18,19,20). The molecule has 0 unspecified atom stereocenters. The van der Waals surface area contributed by atoms with E-state index in [1.54, 1.807) is 18.2 Å². The van der Waals surface area contributed by atoms with Gasteiger partial charge in [0.05, 0.1) is 11.4 Å². The zero-order valence-electron chi connectivity index (χ0n) is 11.1. The normalized spacial score (nSPS) is 13.9. The maximum Gasteiger partial charge on any atom is 0.387 e. The molecule has 0 atom stereocenters. The van der Waals surface area contributed by atoms with E-state index < -0.39 is 6.61 Å². The fraction of sp³-hybridized carbons (Fsp3) is 0.286. The number of aromatic nitrogens is 2. The Morgan fingerprint density at radius 3 is 2.95 bits per heavy atom. The Labute approximate surface area is 120 Å². The smallest absolute Gasteiger partial charge is 0.387 e. The van der Waals surface area contributed by atoms with Gasteiger partial charge in [-0.15, -0.1) is 0 Å². The molecule has 0 radical (unpaired) electrons. The van der Waals surface area contributed by atoms with E-state index in [2.05, 4.69) is 25.3 Å². The molecule has 0 fully saturated rings. The third-order valence-electron chi connectivity index (χ3n) is 3.23. The topological polar surface area (TPSA) is 59.1 Å². The summed E-state index contributed by atoms with van der Waals surface area (Å²) in [7, 11) is 0. The molecule has 0 bridgehead atoms. The Morgan fingerprint density at radius 2 is 2.10 bits per heavy atom. The fourth-order valence-electron chi connectivity index (χ4n) is 2.27. The lowest BCUT2D eigenvalue weighted by Crippen LogP contribution is -2.25. The van der Waals surface area contributed by atoms with Gasteiger partial charge in [0.15, 0.2) is 0 Å². The van der Waals surface area contributed by atoms with Gasteiger partial charge in [0.2, 0.25) is 0 Å². The first-order valence-electron chi connectivity index (χ1n) is 6.58. The van der Waals surface area contributed by atoms with Crippen molar-refractivity contribution in [1.82, 2.24) is 15.3 Å². The highest BCUT2D eigenvalue weighted by Gasteiger charge is 2.16. The van der Waals surface area contributed by atoms with Gasteiger partial charge >= 0.3 is 6.61 Å². The Hall–Kier alpha value is -2.28. The van der Waals surface area contributed by atoms with E-state index in [-0.39, 0.29) is 5.75 Å². The van der Waals surface area contributed by atoms with Crippen molar-refractivity contribution in [1.29, 1.82) is 0 Å². The second-order valence-corrected chi connectivity index (χ2v) is 4.57. The minimum Gasteiger partial charge on any atom is -0.433 e. The van der Waals surface area contributed by atoms with E-state index in [0.29, 0.717) is 18.1 Å². The van der Waals surface area contributed by atoms with Crippen molar-refractivity contribution in [3.05, 3.63) is 41.9 Å². The molecule has 0 aliphatic carbocycles. The lowest BCUT2D eigenvalue weighted by atomic mass is 10.1. The van der Waals surface area contributed by atoms with Crippen LogP contribution < -0.4 is 15.4 Å². The summed E-state index contributed by atoms with van der Waals surface area (Å²) < 4.78 is 29.4.